The fraction of sp³-hybridized carbons (Fsp3) is 0.350. The van der Waals surface area contributed by atoms with Gasteiger partial charge in [0.15, 0.2) is 15.0 Å². The van der Waals surface area contributed by atoms with Gasteiger partial charge in [-0.05, 0) is 30.2 Å². The van der Waals surface area contributed by atoms with E-state index in [2.05, 4.69) is 24.0 Å². The fourth-order valence-electron chi connectivity index (χ4n) is 3.66. The average molecular weight is 403 g/mol. The number of sulfone groups is 1. The van der Waals surface area contributed by atoms with Gasteiger partial charge in [-0.3, -0.25) is 4.99 Å². The first-order chi connectivity index (χ1) is 13.0. The molecular formula is C20H22N2O3S2. The van der Waals surface area contributed by atoms with Crippen LogP contribution in [0.2, 0.25) is 0 Å². The van der Waals surface area contributed by atoms with Crippen LogP contribution in [0.15, 0.2) is 53.5 Å². The predicted octanol–water partition coefficient (Wildman–Crippen LogP) is 3.28. The molecule has 0 N–H and O–H groups in total. The molecule has 0 unspecified atom stereocenters. The number of aryl methyl sites for hydroxylation is 1. The molecule has 2 heterocycles. The van der Waals surface area contributed by atoms with E-state index in [1.807, 2.05) is 36.4 Å². The van der Waals surface area contributed by atoms with Crippen LogP contribution in [0.4, 0.5) is 5.69 Å². The summed E-state index contributed by atoms with van der Waals surface area (Å²) in [4.78, 5) is 6.86. The number of para-hydroxylation sites is 2. The SMILES string of the molecule is COc1ccccc1N1C(SCc2ccccc2C)=N[C@@H]2CS(=O)(=O)C[C@@H]21. The Morgan fingerprint density at radius 1 is 1.15 bits per heavy atom. The van der Waals surface area contributed by atoms with Gasteiger partial charge in [-0.2, -0.15) is 0 Å². The van der Waals surface area contributed by atoms with Gasteiger partial charge < -0.3 is 9.64 Å². The lowest BCUT2D eigenvalue weighted by atomic mass is 10.1. The summed E-state index contributed by atoms with van der Waals surface area (Å²) < 4.78 is 29.9. The lowest BCUT2D eigenvalue weighted by Crippen LogP contribution is -2.39. The van der Waals surface area contributed by atoms with E-state index < -0.39 is 9.84 Å². The van der Waals surface area contributed by atoms with Crippen LogP contribution in [-0.2, 0) is 15.6 Å². The minimum Gasteiger partial charge on any atom is -0.495 e. The molecule has 0 bridgehead atoms. The van der Waals surface area contributed by atoms with Gasteiger partial charge in [-0.1, -0.05) is 48.2 Å². The van der Waals surface area contributed by atoms with Crippen molar-refractivity contribution in [1.82, 2.24) is 0 Å². The Morgan fingerprint density at radius 3 is 2.67 bits per heavy atom. The van der Waals surface area contributed by atoms with Crippen LogP contribution < -0.4 is 9.64 Å². The molecule has 5 nitrogen and oxygen atoms in total. The summed E-state index contributed by atoms with van der Waals surface area (Å²) in [5.41, 5.74) is 3.38. The van der Waals surface area contributed by atoms with Crippen molar-refractivity contribution in [2.75, 3.05) is 23.5 Å². The highest BCUT2D eigenvalue weighted by molar-refractivity contribution is 8.13. The lowest BCUT2D eigenvalue weighted by molar-refractivity contribution is 0.415. The van der Waals surface area contributed by atoms with E-state index in [4.69, 9.17) is 9.73 Å². The van der Waals surface area contributed by atoms with Gasteiger partial charge in [0.25, 0.3) is 0 Å². The second kappa shape index (κ2) is 7.20. The highest BCUT2D eigenvalue weighted by Gasteiger charge is 2.47. The van der Waals surface area contributed by atoms with Crippen LogP contribution in [0.3, 0.4) is 0 Å². The molecule has 2 aromatic carbocycles. The van der Waals surface area contributed by atoms with E-state index in [1.165, 1.54) is 11.1 Å². The largest absolute Gasteiger partial charge is 0.495 e. The summed E-state index contributed by atoms with van der Waals surface area (Å²) in [5.74, 6) is 1.78. The topological polar surface area (TPSA) is 59.0 Å². The standard InChI is InChI=1S/C20H22N2O3S2/c1-14-7-3-4-8-15(14)11-26-20-21-16-12-27(23,24)13-18(16)22(20)17-9-5-6-10-19(17)25-2/h3-10,16,18H,11-13H2,1-2H3/t16-,18+/m1/s1. The summed E-state index contributed by atoms with van der Waals surface area (Å²) in [5, 5.41) is 0.868. The van der Waals surface area contributed by atoms with Crippen molar-refractivity contribution < 1.29 is 13.2 Å². The molecule has 0 aliphatic carbocycles. The molecule has 2 aliphatic heterocycles. The predicted molar refractivity (Wildman–Crippen MR) is 112 cm³/mol. The van der Waals surface area contributed by atoms with E-state index in [-0.39, 0.29) is 23.6 Å². The summed E-state index contributed by atoms with van der Waals surface area (Å²) >= 11 is 1.66. The maximum absolute atomic E-state index is 12.2. The third kappa shape index (κ3) is 3.58. The molecule has 0 aromatic heterocycles. The smallest absolute Gasteiger partial charge is 0.164 e. The Morgan fingerprint density at radius 2 is 1.89 bits per heavy atom. The van der Waals surface area contributed by atoms with Crippen LogP contribution in [-0.4, -0.2) is 44.3 Å². The van der Waals surface area contributed by atoms with Gasteiger partial charge in [-0.25, -0.2) is 8.42 Å². The van der Waals surface area contributed by atoms with E-state index in [0.29, 0.717) is 0 Å². The number of nitrogens with zero attached hydrogens (tertiary/aromatic N) is 2. The van der Waals surface area contributed by atoms with E-state index in [0.717, 1.165) is 22.4 Å². The zero-order chi connectivity index (χ0) is 19.0. The minimum atomic E-state index is -3.06. The Labute approximate surface area is 164 Å². The quantitative estimate of drug-likeness (QED) is 0.786. The zero-order valence-corrected chi connectivity index (χ0v) is 17.0. The first-order valence-corrected chi connectivity index (χ1v) is 11.7. The number of methoxy groups -OCH3 is 1. The van der Waals surface area contributed by atoms with E-state index >= 15 is 0 Å². The lowest BCUT2D eigenvalue weighted by Gasteiger charge is -2.28. The van der Waals surface area contributed by atoms with Crippen LogP contribution in [0.25, 0.3) is 0 Å². The number of aliphatic imine (C=N–C) groups is 1. The number of thioether (sulfide) groups is 1. The van der Waals surface area contributed by atoms with Crippen LogP contribution in [0.5, 0.6) is 5.75 Å². The Hall–Kier alpha value is -1.99. The number of ether oxygens (including phenoxy) is 1. The Kier molecular flexibility index (Phi) is 4.90. The van der Waals surface area contributed by atoms with Gasteiger partial charge in [0.1, 0.15) is 5.75 Å². The molecule has 0 amide bonds. The normalized spacial score (nSPS) is 23.2. The highest BCUT2D eigenvalue weighted by atomic mass is 32.2. The molecule has 27 heavy (non-hydrogen) atoms. The van der Waals surface area contributed by atoms with Crippen molar-refractivity contribution in [2.24, 2.45) is 4.99 Å². The first-order valence-electron chi connectivity index (χ1n) is 8.86. The molecule has 1 fully saturated rings. The fourth-order valence-corrected chi connectivity index (χ4v) is 6.69. The molecule has 2 aromatic rings. The van der Waals surface area contributed by atoms with E-state index in [9.17, 15) is 8.42 Å². The number of amidine groups is 1. The molecule has 2 aliphatic rings. The summed E-state index contributed by atoms with van der Waals surface area (Å²) in [6, 6.07) is 15.7. The molecule has 7 heteroatoms. The molecular weight excluding hydrogens is 380 g/mol. The number of hydrogen-bond acceptors (Lipinski definition) is 6. The number of anilines is 1. The average Bonchev–Trinajstić information content (AvgIpc) is 3.12. The Bertz CT molecular complexity index is 988. The number of hydrogen-bond donors (Lipinski definition) is 0. The summed E-state index contributed by atoms with van der Waals surface area (Å²) in [6.07, 6.45) is 0. The van der Waals surface area contributed by atoms with Crippen molar-refractivity contribution in [1.29, 1.82) is 0 Å². The number of fused-ring (bicyclic) bond motifs is 1. The second-order valence-electron chi connectivity index (χ2n) is 6.88. The van der Waals surface area contributed by atoms with E-state index in [1.54, 1.807) is 18.9 Å². The third-order valence-electron chi connectivity index (χ3n) is 5.07. The summed E-state index contributed by atoms with van der Waals surface area (Å²) in [6.45, 7) is 2.10. The van der Waals surface area contributed by atoms with Crippen molar-refractivity contribution in [3.8, 4) is 5.75 Å². The molecule has 0 spiro atoms. The number of rotatable bonds is 4. The van der Waals surface area contributed by atoms with Crippen LogP contribution in [0.1, 0.15) is 11.1 Å². The first kappa shape index (κ1) is 18.4. The van der Waals surface area contributed by atoms with Crippen molar-refractivity contribution >= 4 is 32.5 Å². The van der Waals surface area contributed by atoms with Gasteiger partial charge in [-0.15, -0.1) is 0 Å². The molecule has 1 saturated heterocycles. The van der Waals surface area contributed by atoms with Crippen LogP contribution >= 0.6 is 11.8 Å². The molecule has 2 atom stereocenters. The molecule has 0 radical (unpaired) electrons. The minimum absolute atomic E-state index is 0.123. The van der Waals surface area contributed by atoms with Gasteiger partial charge in [0, 0.05) is 5.75 Å². The monoisotopic (exact) mass is 402 g/mol. The summed E-state index contributed by atoms with van der Waals surface area (Å²) in [7, 11) is -1.43. The molecule has 0 saturated carbocycles. The van der Waals surface area contributed by atoms with Gasteiger partial charge in [0.05, 0.1) is 36.4 Å². The van der Waals surface area contributed by atoms with Crippen molar-refractivity contribution in [2.45, 2.75) is 24.8 Å². The Balaban J connectivity index is 1.67. The maximum Gasteiger partial charge on any atom is 0.164 e. The van der Waals surface area contributed by atoms with Crippen LogP contribution in [0, 0.1) is 6.92 Å². The number of benzene rings is 2. The van der Waals surface area contributed by atoms with Gasteiger partial charge >= 0.3 is 0 Å². The highest BCUT2D eigenvalue weighted by Crippen LogP contribution is 2.39. The third-order valence-corrected chi connectivity index (χ3v) is 7.78. The zero-order valence-electron chi connectivity index (χ0n) is 15.3. The molecule has 142 valence electrons. The second-order valence-corrected chi connectivity index (χ2v) is 9.98. The maximum atomic E-state index is 12.2. The van der Waals surface area contributed by atoms with Gasteiger partial charge in [0.2, 0.25) is 0 Å². The van der Waals surface area contributed by atoms with Crippen molar-refractivity contribution in [3.63, 3.8) is 0 Å². The molecule has 4 rings (SSSR count). The van der Waals surface area contributed by atoms with Crippen molar-refractivity contribution in [3.05, 3.63) is 59.7 Å².